The van der Waals surface area contributed by atoms with Crippen molar-refractivity contribution >= 4 is 11.4 Å². The van der Waals surface area contributed by atoms with Gasteiger partial charge in [-0.15, -0.1) is 0 Å². The molecule has 0 amide bonds. The van der Waals surface area contributed by atoms with E-state index in [1.165, 1.54) is 0 Å². The molecule has 0 aliphatic carbocycles. The van der Waals surface area contributed by atoms with E-state index < -0.39 is 0 Å². The van der Waals surface area contributed by atoms with Gasteiger partial charge in [0.2, 0.25) is 0 Å². The van der Waals surface area contributed by atoms with Gasteiger partial charge < -0.3 is 0 Å². The van der Waals surface area contributed by atoms with Crippen molar-refractivity contribution in [2.45, 2.75) is 33.1 Å². The standard InChI is InChI=1S/C14H18O/c1-3-5-11-14(15)13(4-2)12-9-7-6-8-10-12/h4,6-10H,3,5,11H2,1-2H3/b13-4+. The molecular formula is C14H18O. The number of ketones is 1. The van der Waals surface area contributed by atoms with E-state index in [-0.39, 0.29) is 5.78 Å². The summed E-state index contributed by atoms with van der Waals surface area (Å²) >= 11 is 0. The maximum Gasteiger partial charge on any atom is 0.163 e. The van der Waals surface area contributed by atoms with Gasteiger partial charge in [-0.25, -0.2) is 0 Å². The molecule has 1 heteroatoms. The molecule has 0 saturated carbocycles. The van der Waals surface area contributed by atoms with Gasteiger partial charge in [-0.1, -0.05) is 49.8 Å². The Morgan fingerprint density at radius 2 is 1.93 bits per heavy atom. The van der Waals surface area contributed by atoms with Crippen LogP contribution < -0.4 is 0 Å². The molecule has 1 nitrogen and oxygen atoms in total. The first-order chi connectivity index (χ1) is 7.29. The number of carbonyl (C=O) groups excluding carboxylic acids is 1. The lowest BCUT2D eigenvalue weighted by Crippen LogP contribution is -2.01. The van der Waals surface area contributed by atoms with Gasteiger partial charge in [0.25, 0.3) is 0 Å². The number of Topliss-reactive ketones (excluding diaryl/α,β-unsaturated/α-hetero) is 1. The second-order valence-corrected chi connectivity index (χ2v) is 3.60. The zero-order valence-electron chi connectivity index (χ0n) is 9.49. The normalized spacial score (nSPS) is 11.5. The van der Waals surface area contributed by atoms with E-state index >= 15 is 0 Å². The van der Waals surface area contributed by atoms with Crippen LogP contribution in [0.3, 0.4) is 0 Å². The molecule has 0 heterocycles. The smallest absolute Gasteiger partial charge is 0.163 e. The lowest BCUT2D eigenvalue weighted by molar-refractivity contribution is -0.113. The van der Waals surface area contributed by atoms with Crippen LogP contribution in [-0.4, -0.2) is 5.78 Å². The predicted molar refractivity (Wildman–Crippen MR) is 64.6 cm³/mol. The van der Waals surface area contributed by atoms with E-state index in [1.807, 2.05) is 43.3 Å². The summed E-state index contributed by atoms with van der Waals surface area (Å²) < 4.78 is 0. The third-order valence-electron chi connectivity index (χ3n) is 2.43. The quantitative estimate of drug-likeness (QED) is 0.663. The van der Waals surface area contributed by atoms with Crippen molar-refractivity contribution in [3.05, 3.63) is 42.0 Å². The molecule has 0 fully saturated rings. The van der Waals surface area contributed by atoms with Crippen LogP contribution >= 0.6 is 0 Å². The number of unbranched alkanes of at least 4 members (excludes halogenated alkanes) is 1. The zero-order valence-corrected chi connectivity index (χ0v) is 9.49. The third-order valence-corrected chi connectivity index (χ3v) is 2.43. The van der Waals surface area contributed by atoms with Crippen LogP contribution in [0.15, 0.2) is 36.4 Å². The average molecular weight is 202 g/mol. The van der Waals surface area contributed by atoms with Crippen molar-refractivity contribution in [3.8, 4) is 0 Å². The summed E-state index contributed by atoms with van der Waals surface area (Å²) in [5.41, 5.74) is 1.88. The fourth-order valence-corrected chi connectivity index (χ4v) is 1.58. The highest BCUT2D eigenvalue weighted by Crippen LogP contribution is 2.17. The topological polar surface area (TPSA) is 17.1 Å². The van der Waals surface area contributed by atoms with Crippen molar-refractivity contribution in [2.75, 3.05) is 0 Å². The monoisotopic (exact) mass is 202 g/mol. The molecule has 15 heavy (non-hydrogen) atoms. The van der Waals surface area contributed by atoms with E-state index in [2.05, 4.69) is 6.92 Å². The van der Waals surface area contributed by atoms with E-state index in [0.29, 0.717) is 6.42 Å². The summed E-state index contributed by atoms with van der Waals surface area (Å²) in [6, 6.07) is 9.86. The maximum atomic E-state index is 11.9. The van der Waals surface area contributed by atoms with E-state index in [9.17, 15) is 4.79 Å². The molecule has 0 bridgehead atoms. The Bertz CT molecular complexity index is 336. The Labute approximate surface area is 91.8 Å². The van der Waals surface area contributed by atoms with Crippen LogP contribution in [0.25, 0.3) is 5.57 Å². The van der Waals surface area contributed by atoms with Crippen LogP contribution in [0.5, 0.6) is 0 Å². The van der Waals surface area contributed by atoms with Crippen molar-refractivity contribution in [2.24, 2.45) is 0 Å². The fraction of sp³-hybridized carbons (Fsp3) is 0.357. The zero-order chi connectivity index (χ0) is 11.1. The van der Waals surface area contributed by atoms with Crippen LogP contribution in [-0.2, 0) is 4.79 Å². The fourth-order valence-electron chi connectivity index (χ4n) is 1.58. The lowest BCUT2D eigenvalue weighted by atomic mass is 9.98. The van der Waals surface area contributed by atoms with E-state index in [4.69, 9.17) is 0 Å². The number of hydrogen-bond donors (Lipinski definition) is 0. The van der Waals surface area contributed by atoms with Gasteiger partial charge in [-0.3, -0.25) is 4.79 Å². The van der Waals surface area contributed by atoms with Crippen molar-refractivity contribution in [1.29, 1.82) is 0 Å². The molecule has 0 atom stereocenters. The summed E-state index contributed by atoms with van der Waals surface area (Å²) in [6.45, 7) is 4.03. The second-order valence-electron chi connectivity index (χ2n) is 3.60. The Hall–Kier alpha value is -1.37. The molecular weight excluding hydrogens is 184 g/mol. The van der Waals surface area contributed by atoms with Crippen molar-refractivity contribution in [3.63, 3.8) is 0 Å². The SMILES string of the molecule is C/C=C(/C(=O)CCCC)c1ccccc1. The number of allylic oxidation sites excluding steroid dienone is 2. The van der Waals surface area contributed by atoms with E-state index in [0.717, 1.165) is 24.0 Å². The highest BCUT2D eigenvalue weighted by Gasteiger charge is 2.09. The molecule has 0 saturated heterocycles. The first-order valence-electron chi connectivity index (χ1n) is 5.54. The van der Waals surface area contributed by atoms with Gasteiger partial charge in [-0.2, -0.15) is 0 Å². The van der Waals surface area contributed by atoms with Gasteiger partial charge in [-0.05, 0) is 18.9 Å². The van der Waals surface area contributed by atoms with Crippen molar-refractivity contribution in [1.82, 2.24) is 0 Å². The maximum absolute atomic E-state index is 11.9. The summed E-state index contributed by atoms with van der Waals surface area (Å²) in [5.74, 6) is 0.255. The van der Waals surface area contributed by atoms with Gasteiger partial charge in [0, 0.05) is 12.0 Å². The molecule has 0 spiro atoms. The molecule has 1 aromatic carbocycles. The molecule has 0 aliphatic heterocycles. The van der Waals surface area contributed by atoms with Gasteiger partial charge in [0.1, 0.15) is 0 Å². The number of hydrogen-bond acceptors (Lipinski definition) is 1. The minimum atomic E-state index is 0.255. The van der Waals surface area contributed by atoms with E-state index in [1.54, 1.807) is 0 Å². The molecule has 1 rings (SSSR count). The van der Waals surface area contributed by atoms with Crippen LogP contribution in [0.1, 0.15) is 38.7 Å². The molecule has 0 unspecified atom stereocenters. The molecule has 0 radical (unpaired) electrons. The summed E-state index contributed by atoms with van der Waals surface area (Å²) in [5, 5.41) is 0. The Morgan fingerprint density at radius 3 is 2.47 bits per heavy atom. The molecule has 0 aliphatic rings. The van der Waals surface area contributed by atoms with Crippen LogP contribution in [0.2, 0.25) is 0 Å². The predicted octanol–water partition coefficient (Wildman–Crippen LogP) is 3.85. The number of carbonyl (C=O) groups is 1. The minimum absolute atomic E-state index is 0.255. The average Bonchev–Trinajstić information content (AvgIpc) is 2.29. The second kappa shape index (κ2) is 6.18. The Kier molecular flexibility index (Phi) is 4.82. The van der Waals surface area contributed by atoms with Crippen molar-refractivity contribution < 1.29 is 4.79 Å². The van der Waals surface area contributed by atoms with Crippen LogP contribution in [0.4, 0.5) is 0 Å². The summed E-state index contributed by atoms with van der Waals surface area (Å²) in [4.78, 5) is 11.9. The van der Waals surface area contributed by atoms with Gasteiger partial charge in [0.15, 0.2) is 5.78 Å². The molecule has 0 N–H and O–H groups in total. The largest absolute Gasteiger partial charge is 0.294 e. The lowest BCUT2D eigenvalue weighted by Gasteiger charge is -2.05. The highest BCUT2D eigenvalue weighted by atomic mass is 16.1. The first-order valence-corrected chi connectivity index (χ1v) is 5.54. The molecule has 80 valence electrons. The molecule has 1 aromatic rings. The minimum Gasteiger partial charge on any atom is -0.294 e. The summed E-state index contributed by atoms with van der Waals surface area (Å²) in [6.07, 6.45) is 4.61. The number of rotatable bonds is 5. The highest BCUT2D eigenvalue weighted by molar-refractivity contribution is 6.20. The first kappa shape index (κ1) is 11.7. The third kappa shape index (κ3) is 3.35. The Balaban J connectivity index is 2.78. The van der Waals surface area contributed by atoms with Gasteiger partial charge >= 0.3 is 0 Å². The number of benzene rings is 1. The van der Waals surface area contributed by atoms with Gasteiger partial charge in [0.05, 0.1) is 0 Å². The molecule has 0 aromatic heterocycles. The summed E-state index contributed by atoms with van der Waals surface area (Å²) in [7, 11) is 0. The Morgan fingerprint density at radius 1 is 1.27 bits per heavy atom. The van der Waals surface area contributed by atoms with Crippen LogP contribution in [0, 0.1) is 0 Å².